The third kappa shape index (κ3) is 3.88. The lowest BCUT2D eigenvalue weighted by Crippen LogP contribution is -2.10. The molecule has 0 aliphatic carbocycles. The monoisotopic (exact) mass is 340 g/mol. The Kier molecular flexibility index (Phi) is 4.83. The van der Waals surface area contributed by atoms with Gasteiger partial charge in [0.15, 0.2) is 5.76 Å². The molecule has 3 aromatic rings. The maximum absolute atomic E-state index is 11.6. The molecule has 0 saturated heterocycles. The summed E-state index contributed by atoms with van der Waals surface area (Å²) in [6.07, 6.45) is 1.95. The molecule has 2 heterocycles. The van der Waals surface area contributed by atoms with Crippen molar-refractivity contribution >= 4 is 11.6 Å². The third-order valence-electron chi connectivity index (χ3n) is 3.37. The number of ether oxygens (including phenoxy) is 1. The van der Waals surface area contributed by atoms with Gasteiger partial charge in [-0.2, -0.15) is 4.98 Å². The number of benzene rings is 1. The van der Waals surface area contributed by atoms with E-state index < -0.39 is 0 Å². The number of nitrogens with one attached hydrogen (secondary N) is 1. The van der Waals surface area contributed by atoms with Gasteiger partial charge in [0.1, 0.15) is 0 Å². The van der Waals surface area contributed by atoms with E-state index in [4.69, 9.17) is 9.15 Å². The van der Waals surface area contributed by atoms with E-state index in [0.29, 0.717) is 23.7 Å². The largest absolute Gasteiger partial charge is 0.461 e. The molecule has 0 atom stereocenters. The number of furan rings is 1. The van der Waals surface area contributed by atoms with E-state index in [9.17, 15) is 4.79 Å². The Balaban J connectivity index is 2.02. The average molecular weight is 340 g/mol. The average Bonchev–Trinajstić information content (AvgIpc) is 3.23. The molecule has 7 nitrogen and oxygen atoms in total. The Labute approximate surface area is 145 Å². The highest BCUT2D eigenvalue weighted by Gasteiger charge is 2.17. The summed E-state index contributed by atoms with van der Waals surface area (Å²) < 4.78 is 12.7. The summed E-state index contributed by atoms with van der Waals surface area (Å²) >= 11 is 0. The quantitative estimate of drug-likeness (QED) is 0.740. The summed E-state index contributed by atoms with van der Waals surface area (Å²) in [6, 6.07) is 11.2. The molecule has 0 saturated carbocycles. The minimum Gasteiger partial charge on any atom is -0.461 e. The van der Waals surface area contributed by atoms with E-state index >= 15 is 0 Å². The van der Waals surface area contributed by atoms with Gasteiger partial charge in [0.25, 0.3) is 0 Å². The second kappa shape index (κ2) is 7.21. The van der Waals surface area contributed by atoms with Gasteiger partial charge >= 0.3 is 6.01 Å². The van der Waals surface area contributed by atoms with Crippen LogP contribution in [0, 0.1) is 0 Å². The molecule has 1 amide bonds. The molecule has 7 heteroatoms. The van der Waals surface area contributed by atoms with Crippen molar-refractivity contribution in [1.29, 1.82) is 0 Å². The van der Waals surface area contributed by atoms with Crippen LogP contribution in [-0.4, -0.2) is 26.8 Å². The fourth-order valence-electron chi connectivity index (χ4n) is 2.26. The van der Waals surface area contributed by atoms with Gasteiger partial charge in [0.2, 0.25) is 11.7 Å². The molecule has 1 N–H and O–H groups in total. The van der Waals surface area contributed by atoms with E-state index in [-0.39, 0.29) is 18.0 Å². The molecule has 0 bridgehead atoms. The summed E-state index contributed by atoms with van der Waals surface area (Å²) in [5.41, 5.74) is 1.43. The van der Waals surface area contributed by atoms with Crippen molar-refractivity contribution in [3.63, 3.8) is 0 Å². The number of anilines is 1. The lowest BCUT2D eigenvalue weighted by Gasteiger charge is -2.08. The summed E-state index contributed by atoms with van der Waals surface area (Å²) in [5.74, 6) is 1.06. The number of carbonyl (C=O) groups is 1. The van der Waals surface area contributed by atoms with Gasteiger partial charge in [-0.3, -0.25) is 4.79 Å². The molecule has 0 unspecified atom stereocenters. The number of amides is 1. The van der Waals surface area contributed by atoms with Crippen molar-refractivity contribution in [3.05, 3.63) is 42.7 Å². The van der Waals surface area contributed by atoms with Crippen LogP contribution in [0.25, 0.3) is 17.3 Å². The Bertz CT molecular complexity index is 853. The SMILES string of the molecule is CCC(=O)Nc1cccc(-n2nc(OC(C)C)nc2-c2ccco2)c1. The molecule has 3 rings (SSSR count). The first-order valence-electron chi connectivity index (χ1n) is 8.14. The van der Waals surface area contributed by atoms with Crippen LogP contribution in [0.5, 0.6) is 6.01 Å². The standard InChI is InChI=1S/C18H20N4O3/c1-4-16(23)19-13-7-5-8-14(11-13)22-17(15-9-6-10-24-15)20-18(21-22)25-12(2)3/h5-12H,4H2,1-3H3,(H,19,23). The van der Waals surface area contributed by atoms with E-state index in [1.807, 2.05) is 44.2 Å². The Morgan fingerprint density at radius 3 is 2.84 bits per heavy atom. The highest BCUT2D eigenvalue weighted by Crippen LogP contribution is 2.25. The lowest BCUT2D eigenvalue weighted by atomic mass is 10.2. The highest BCUT2D eigenvalue weighted by atomic mass is 16.5. The molecule has 0 spiro atoms. The van der Waals surface area contributed by atoms with Gasteiger partial charge in [0.05, 0.1) is 18.1 Å². The van der Waals surface area contributed by atoms with E-state index in [1.54, 1.807) is 23.9 Å². The summed E-state index contributed by atoms with van der Waals surface area (Å²) in [7, 11) is 0. The van der Waals surface area contributed by atoms with Crippen molar-refractivity contribution in [2.75, 3.05) is 5.32 Å². The smallest absolute Gasteiger partial charge is 0.336 e. The Morgan fingerprint density at radius 2 is 2.16 bits per heavy atom. The first-order valence-corrected chi connectivity index (χ1v) is 8.14. The minimum atomic E-state index is -0.0502. The number of nitrogens with zero attached hydrogens (tertiary/aromatic N) is 3. The van der Waals surface area contributed by atoms with Crippen LogP contribution >= 0.6 is 0 Å². The molecule has 130 valence electrons. The van der Waals surface area contributed by atoms with Crippen molar-refractivity contribution in [2.24, 2.45) is 0 Å². The second-order valence-corrected chi connectivity index (χ2v) is 5.73. The van der Waals surface area contributed by atoms with E-state index in [0.717, 1.165) is 5.69 Å². The summed E-state index contributed by atoms with van der Waals surface area (Å²) in [6.45, 7) is 5.63. The molecular weight excluding hydrogens is 320 g/mol. The maximum Gasteiger partial charge on any atom is 0.336 e. The van der Waals surface area contributed by atoms with Crippen molar-refractivity contribution in [1.82, 2.24) is 14.8 Å². The molecule has 0 radical (unpaired) electrons. The zero-order valence-electron chi connectivity index (χ0n) is 14.4. The van der Waals surface area contributed by atoms with Gasteiger partial charge in [-0.15, -0.1) is 5.10 Å². The number of rotatable bonds is 6. The van der Waals surface area contributed by atoms with Crippen LogP contribution in [0.15, 0.2) is 47.1 Å². The summed E-state index contributed by atoms with van der Waals surface area (Å²) in [4.78, 5) is 16.1. The normalized spacial score (nSPS) is 10.9. The number of hydrogen-bond acceptors (Lipinski definition) is 5. The second-order valence-electron chi connectivity index (χ2n) is 5.73. The fraction of sp³-hybridized carbons (Fsp3) is 0.278. The predicted molar refractivity (Wildman–Crippen MR) is 93.7 cm³/mol. The van der Waals surface area contributed by atoms with Crippen LogP contribution in [0.2, 0.25) is 0 Å². The lowest BCUT2D eigenvalue weighted by molar-refractivity contribution is -0.115. The number of hydrogen-bond donors (Lipinski definition) is 1. The molecule has 25 heavy (non-hydrogen) atoms. The van der Waals surface area contributed by atoms with Crippen LogP contribution in [0.4, 0.5) is 5.69 Å². The topological polar surface area (TPSA) is 82.2 Å². The van der Waals surface area contributed by atoms with Crippen molar-refractivity contribution in [2.45, 2.75) is 33.3 Å². The molecule has 1 aromatic carbocycles. The maximum atomic E-state index is 11.6. The minimum absolute atomic E-state index is 0.0459. The van der Waals surface area contributed by atoms with E-state index in [1.165, 1.54) is 0 Å². The highest BCUT2D eigenvalue weighted by molar-refractivity contribution is 5.90. The van der Waals surface area contributed by atoms with Gasteiger partial charge in [-0.05, 0) is 44.2 Å². The van der Waals surface area contributed by atoms with Gasteiger partial charge in [0, 0.05) is 12.1 Å². The van der Waals surface area contributed by atoms with Gasteiger partial charge < -0.3 is 14.5 Å². The summed E-state index contributed by atoms with van der Waals surface area (Å²) in [5, 5.41) is 7.27. The zero-order valence-corrected chi connectivity index (χ0v) is 14.4. The van der Waals surface area contributed by atoms with Crippen LogP contribution in [0.3, 0.4) is 0 Å². The number of aromatic nitrogens is 3. The Hall–Kier alpha value is -3.09. The fourth-order valence-corrected chi connectivity index (χ4v) is 2.26. The zero-order chi connectivity index (χ0) is 17.8. The predicted octanol–water partition coefficient (Wildman–Crippen LogP) is 3.66. The first-order chi connectivity index (χ1) is 12.1. The molecule has 0 fully saturated rings. The van der Waals surface area contributed by atoms with Crippen molar-refractivity contribution in [3.8, 4) is 23.3 Å². The Morgan fingerprint density at radius 1 is 1.32 bits per heavy atom. The van der Waals surface area contributed by atoms with Crippen LogP contribution in [0.1, 0.15) is 27.2 Å². The molecule has 0 aliphatic rings. The van der Waals surface area contributed by atoms with Gasteiger partial charge in [-0.25, -0.2) is 4.68 Å². The first kappa shape index (κ1) is 16.8. The number of carbonyl (C=O) groups excluding carboxylic acids is 1. The molecule has 0 aliphatic heterocycles. The van der Waals surface area contributed by atoms with Crippen LogP contribution in [-0.2, 0) is 4.79 Å². The van der Waals surface area contributed by atoms with Crippen molar-refractivity contribution < 1.29 is 13.9 Å². The molecular formula is C18H20N4O3. The van der Waals surface area contributed by atoms with E-state index in [2.05, 4.69) is 15.4 Å². The van der Waals surface area contributed by atoms with Gasteiger partial charge in [-0.1, -0.05) is 13.0 Å². The third-order valence-corrected chi connectivity index (χ3v) is 3.37. The molecule has 2 aromatic heterocycles. The van der Waals surface area contributed by atoms with Crippen LogP contribution < -0.4 is 10.1 Å².